The van der Waals surface area contributed by atoms with Crippen molar-refractivity contribution in [3.8, 4) is 0 Å². The van der Waals surface area contributed by atoms with Gasteiger partial charge in [0.25, 0.3) is 5.89 Å². The van der Waals surface area contributed by atoms with Crippen molar-refractivity contribution in [2.45, 2.75) is 18.8 Å². The van der Waals surface area contributed by atoms with Gasteiger partial charge in [0.15, 0.2) is 5.82 Å². The summed E-state index contributed by atoms with van der Waals surface area (Å²) in [7, 11) is 0. The van der Waals surface area contributed by atoms with E-state index >= 15 is 0 Å². The van der Waals surface area contributed by atoms with Gasteiger partial charge in [-0.25, -0.2) is 0 Å². The Morgan fingerprint density at radius 2 is 2.19 bits per heavy atom. The highest BCUT2D eigenvalue weighted by atomic mass is 16.5. The summed E-state index contributed by atoms with van der Waals surface area (Å²) in [5, 5.41) is 3.93. The molecular weight excluding hydrogens is 202 g/mol. The molecule has 0 saturated heterocycles. The minimum absolute atomic E-state index is 0.528. The van der Waals surface area contributed by atoms with E-state index in [1.54, 1.807) is 12.3 Å². The molecule has 2 heterocycles. The second-order valence-corrected chi connectivity index (χ2v) is 3.85. The Morgan fingerprint density at radius 3 is 2.94 bits per heavy atom. The molecule has 2 aromatic heterocycles. The van der Waals surface area contributed by atoms with Gasteiger partial charge in [-0.05, 0) is 31.1 Å². The minimum Gasteiger partial charge on any atom is -0.335 e. The zero-order valence-corrected chi connectivity index (χ0v) is 8.71. The third-order valence-electron chi connectivity index (χ3n) is 2.48. The average Bonchev–Trinajstić information content (AvgIpc) is 3.08. The molecule has 0 bridgehead atoms. The highest BCUT2D eigenvalue weighted by molar-refractivity contribution is 5.63. The van der Waals surface area contributed by atoms with Crippen molar-refractivity contribution < 1.29 is 4.52 Å². The lowest BCUT2D eigenvalue weighted by Gasteiger charge is -1.87. The number of hydrogen-bond acceptors (Lipinski definition) is 4. The number of rotatable bonds is 3. The second-order valence-electron chi connectivity index (χ2n) is 3.85. The predicted octanol–water partition coefficient (Wildman–Crippen LogP) is 2.51. The van der Waals surface area contributed by atoms with Crippen molar-refractivity contribution >= 4 is 12.2 Å². The first kappa shape index (κ1) is 9.27. The van der Waals surface area contributed by atoms with E-state index in [-0.39, 0.29) is 0 Å². The summed E-state index contributed by atoms with van der Waals surface area (Å²) < 4.78 is 5.11. The fraction of sp³-hybridized carbons (Fsp3) is 0.250. The van der Waals surface area contributed by atoms with E-state index in [1.165, 1.54) is 12.8 Å². The van der Waals surface area contributed by atoms with Gasteiger partial charge in [0.2, 0.25) is 0 Å². The molecule has 0 aliphatic heterocycles. The van der Waals surface area contributed by atoms with E-state index in [4.69, 9.17) is 4.52 Å². The molecule has 0 N–H and O–H groups in total. The molecule has 0 radical (unpaired) electrons. The molecular formula is C12H11N3O. The standard InChI is InChI=1S/C12H11N3O/c1-2-8-13-10(3-1)6-7-11-14-12(15-16-11)9-4-5-9/h1-3,6-9H,4-5H2. The quantitative estimate of drug-likeness (QED) is 0.786. The summed E-state index contributed by atoms with van der Waals surface area (Å²) in [5.74, 6) is 1.91. The van der Waals surface area contributed by atoms with Gasteiger partial charge in [0, 0.05) is 18.2 Å². The minimum atomic E-state index is 0.528. The normalized spacial score (nSPS) is 15.8. The number of pyridine rings is 1. The third-order valence-corrected chi connectivity index (χ3v) is 2.48. The zero-order chi connectivity index (χ0) is 10.8. The van der Waals surface area contributed by atoms with Crippen LogP contribution < -0.4 is 0 Å². The number of nitrogens with zero attached hydrogens (tertiary/aromatic N) is 3. The van der Waals surface area contributed by atoms with Crippen LogP contribution in [0.5, 0.6) is 0 Å². The molecule has 0 aromatic carbocycles. The van der Waals surface area contributed by atoms with E-state index in [0.717, 1.165) is 11.5 Å². The molecule has 0 unspecified atom stereocenters. The van der Waals surface area contributed by atoms with Gasteiger partial charge < -0.3 is 4.52 Å². The van der Waals surface area contributed by atoms with Gasteiger partial charge in [0.1, 0.15) is 0 Å². The SMILES string of the molecule is C(=Cc1nc(C2CC2)no1)c1ccccn1. The molecule has 0 atom stereocenters. The van der Waals surface area contributed by atoms with Crippen LogP contribution in [-0.4, -0.2) is 15.1 Å². The monoisotopic (exact) mass is 213 g/mol. The summed E-state index contributed by atoms with van der Waals surface area (Å²) >= 11 is 0. The van der Waals surface area contributed by atoms with Crippen LogP contribution in [0.1, 0.15) is 36.2 Å². The maximum absolute atomic E-state index is 5.11. The number of aromatic nitrogens is 3. The first-order valence-corrected chi connectivity index (χ1v) is 5.34. The Labute approximate surface area is 93.0 Å². The molecule has 4 nitrogen and oxygen atoms in total. The Morgan fingerprint density at radius 1 is 1.25 bits per heavy atom. The van der Waals surface area contributed by atoms with Crippen LogP contribution in [0.2, 0.25) is 0 Å². The van der Waals surface area contributed by atoms with Crippen LogP contribution in [0.4, 0.5) is 0 Å². The van der Waals surface area contributed by atoms with Gasteiger partial charge >= 0.3 is 0 Å². The topological polar surface area (TPSA) is 51.8 Å². The molecule has 1 saturated carbocycles. The molecule has 1 aliphatic rings. The molecule has 2 aromatic rings. The van der Waals surface area contributed by atoms with Crippen LogP contribution in [0.25, 0.3) is 12.2 Å². The average molecular weight is 213 g/mol. The second kappa shape index (κ2) is 3.89. The molecule has 16 heavy (non-hydrogen) atoms. The van der Waals surface area contributed by atoms with E-state index in [0.29, 0.717) is 11.8 Å². The van der Waals surface area contributed by atoms with Crippen molar-refractivity contribution in [2.75, 3.05) is 0 Å². The van der Waals surface area contributed by atoms with Crippen LogP contribution in [-0.2, 0) is 0 Å². The Bertz CT molecular complexity index is 500. The van der Waals surface area contributed by atoms with E-state index in [9.17, 15) is 0 Å². The van der Waals surface area contributed by atoms with Crippen LogP contribution >= 0.6 is 0 Å². The predicted molar refractivity (Wildman–Crippen MR) is 59.4 cm³/mol. The highest BCUT2D eigenvalue weighted by Crippen LogP contribution is 2.38. The summed E-state index contributed by atoms with van der Waals surface area (Å²) in [4.78, 5) is 8.47. The van der Waals surface area contributed by atoms with Gasteiger partial charge in [0.05, 0.1) is 5.69 Å². The Balaban J connectivity index is 1.75. The molecule has 4 heteroatoms. The number of hydrogen-bond donors (Lipinski definition) is 0. The lowest BCUT2D eigenvalue weighted by molar-refractivity contribution is 0.403. The highest BCUT2D eigenvalue weighted by Gasteiger charge is 2.28. The first-order chi connectivity index (χ1) is 7.92. The van der Waals surface area contributed by atoms with E-state index in [1.807, 2.05) is 24.3 Å². The van der Waals surface area contributed by atoms with Crippen molar-refractivity contribution in [1.29, 1.82) is 0 Å². The third kappa shape index (κ3) is 2.00. The van der Waals surface area contributed by atoms with Crippen molar-refractivity contribution in [3.63, 3.8) is 0 Å². The summed E-state index contributed by atoms with van der Waals surface area (Å²) in [6.07, 6.45) is 7.78. The van der Waals surface area contributed by atoms with Crippen molar-refractivity contribution in [3.05, 3.63) is 41.8 Å². The maximum Gasteiger partial charge on any atom is 0.250 e. The molecule has 1 fully saturated rings. The fourth-order valence-electron chi connectivity index (χ4n) is 1.45. The van der Waals surface area contributed by atoms with Gasteiger partial charge in [-0.3, -0.25) is 4.98 Å². The van der Waals surface area contributed by atoms with Gasteiger partial charge in [-0.1, -0.05) is 11.2 Å². The lowest BCUT2D eigenvalue weighted by atomic mass is 10.3. The van der Waals surface area contributed by atoms with Crippen LogP contribution in [0, 0.1) is 0 Å². The van der Waals surface area contributed by atoms with E-state index in [2.05, 4.69) is 15.1 Å². The van der Waals surface area contributed by atoms with E-state index < -0.39 is 0 Å². The summed E-state index contributed by atoms with van der Waals surface area (Å²) in [6, 6.07) is 5.75. The summed E-state index contributed by atoms with van der Waals surface area (Å²) in [5.41, 5.74) is 0.883. The first-order valence-electron chi connectivity index (χ1n) is 5.34. The lowest BCUT2D eigenvalue weighted by Crippen LogP contribution is -1.81. The molecule has 0 spiro atoms. The molecule has 1 aliphatic carbocycles. The Kier molecular flexibility index (Phi) is 2.25. The molecule has 80 valence electrons. The molecule has 0 amide bonds. The van der Waals surface area contributed by atoms with Gasteiger partial charge in [-0.2, -0.15) is 4.98 Å². The van der Waals surface area contributed by atoms with Crippen molar-refractivity contribution in [2.24, 2.45) is 0 Å². The van der Waals surface area contributed by atoms with Crippen molar-refractivity contribution in [1.82, 2.24) is 15.1 Å². The Hall–Kier alpha value is -1.97. The zero-order valence-electron chi connectivity index (χ0n) is 8.71. The van der Waals surface area contributed by atoms with Gasteiger partial charge in [-0.15, -0.1) is 0 Å². The fourth-order valence-corrected chi connectivity index (χ4v) is 1.45. The smallest absolute Gasteiger partial charge is 0.250 e. The summed E-state index contributed by atoms with van der Waals surface area (Å²) in [6.45, 7) is 0. The largest absolute Gasteiger partial charge is 0.335 e. The van der Waals surface area contributed by atoms with Crippen LogP contribution in [0.3, 0.4) is 0 Å². The van der Waals surface area contributed by atoms with Crippen LogP contribution in [0.15, 0.2) is 28.9 Å². The molecule has 3 rings (SSSR count). The maximum atomic E-state index is 5.11.